The van der Waals surface area contributed by atoms with Crippen molar-refractivity contribution in [3.8, 4) is 10.6 Å². The van der Waals surface area contributed by atoms with Crippen LogP contribution in [-0.2, 0) is 11.3 Å². The van der Waals surface area contributed by atoms with Gasteiger partial charge in [-0.2, -0.15) is 9.61 Å². The molecule has 3 aromatic rings. The Morgan fingerprint density at radius 2 is 1.95 bits per heavy atom. The van der Waals surface area contributed by atoms with Gasteiger partial charge in [-0.15, -0.1) is 10.2 Å². The normalized spacial score (nSPS) is 11.6. The largest absolute Gasteiger partial charge is 0.377 e. The first-order valence-electron chi connectivity index (χ1n) is 6.49. The van der Waals surface area contributed by atoms with Gasteiger partial charge in [-0.25, -0.2) is 0 Å². The van der Waals surface area contributed by atoms with E-state index in [0.717, 1.165) is 21.4 Å². The van der Waals surface area contributed by atoms with Crippen molar-refractivity contribution in [2.24, 2.45) is 0 Å². The lowest BCUT2D eigenvalue weighted by Gasteiger charge is -2.04. The zero-order valence-electron chi connectivity index (χ0n) is 11.7. The van der Waals surface area contributed by atoms with Gasteiger partial charge in [0.25, 0.3) is 0 Å². The number of benzene rings is 1. The minimum absolute atomic E-state index is 0.413. The zero-order chi connectivity index (χ0) is 14.1. The number of fused-ring (bicyclic) bond motifs is 1. The molecule has 0 saturated heterocycles. The predicted octanol–water partition coefficient (Wildman–Crippen LogP) is 3.12. The summed E-state index contributed by atoms with van der Waals surface area (Å²) in [6.07, 6.45) is 0. The fraction of sp³-hybridized carbons (Fsp3) is 0.357. The van der Waals surface area contributed by atoms with Crippen LogP contribution < -0.4 is 0 Å². The second-order valence-electron chi connectivity index (χ2n) is 4.93. The fourth-order valence-electron chi connectivity index (χ4n) is 2.00. The van der Waals surface area contributed by atoms with Gasteiger partial charge in [0.15, 0.2) is 5.82 Å². The Morgan fingerprint density at radius 1 is 1.20 bits per heavy atom. The Labute approximate surface area is 121 Å². The maximum Gasteiger partial charge on any atom is 0.235 e. The maximum absolute atomic E-state index is 5.09. The third-order valence-corrected chi connectivity index (χ3v) is 4.10. The quantitative estimate of drug-likeness (QED) is 0.740. The molecule has 2 aromatic heterocycles. The lowest BCUT2D eigenvalue weighted by atomic mass is 10.0. The Kier molecular flexibility index (Phi) is 3.50. The molecule has 6 heteroatoms. The molecule has 0 fully saturated rings. The fourth-order valence-corrected chi connectivity index (χ4v) is 2.87. The van der Waals surface area contributed by atoms with Crippen LogP contribution in [-0.4, -0.2) is 26.9 Å². The van der Waals surface area contributed by atoms with E-state index >= 15 is 0 Å². The molecule has 0 amide bonds. The molecule has 0 bridgehead atoms. The SMILES string of the molecule is COCc1nnc2sc(-c3ccc(C(C)C)cc3)nn12. The summed E-state index contributed by atoms with van der Waals surface area (Å²) in [5, 5.41) is 13.7. The molecule has 5 nitrogen and oxygen atoms in total. The van der Waals surface area contributed by atoms with Crippen LogP contribution in [0.15, 0.2) is 24.3 Å². The molecular weight excluding hydrogens is 272 g/mol. The summed E-state index contributed by atoms with van der Waals surface area (Å²) in [7, 11) is 1.64. The van der Waals surface area contributed by atoms with Gasteiger partial charge in [0.1, 0.15) is 11.6 Å². The Balaban J connectivity index is 1.97. The second kappa shape index (κ2) is 5.30. The van der Waals surface area contributed by atoms with Crippen LogP contribution in [0.5, 0.6) is 0 Å². The molecule has 104 valence electrons. The molecule has 1 aromatic carbocycles. The van der Waals surface area contributed by atoms with Crippen LogP contribution in [0, 0.1) is 0 Å². The summed E-state index contributed by atoms with van der Waals surface area (Å²) in [5.74, 6) is 1.26. The highest BCUT2D eigenvalue weighted by Gasteiger charge is 2.12. The van der Waals surface area contributed by atoms with Gasteiger partial charge >= 0.3 is 0 Å². The van der Waals surface area contributed by atoms with Crippen LogP contribution in [0.3, 0.4) is 0 Å². The lowest BCUT2D eigenvalue weighted by Crippen LogP contribution is -1.97. The lowest BCUT2D eigenvalue weighted by molar-refractivity contribution is 0.176. The molecule has 0 N–H and O–H groups in total. The van der Waals surface area contributed by atoms with Crippen molar-refractivity contribution in [3.05, 3.63) is 35.7 Å². The van der Waals surface area contributed by atoms with Crippen molar-refractivity contribution in [3.63, 3.8) is 0 Å². The molecule has 0 saturated carbocycles. The Hall–Kier alpha value is -1.79. The molecular formula is C14H16N4OS. The molecule has 2 heterocycles. The van der Waals surface area contributed by atoms with Gasteiger partial charge < -0.3 is 4.74 Å². The number of hydrogen-bond acceptors (Lipinski definition) is 5. The van der Waals surface area contributed by atoms with Gasteiger partial charge in [-0.3, -0.25) is 0 Å². The predicted molar refractivity (Wildman–Crippen MR) is 78.9 cm³/mol. The molecule has 0 radical (unpaired) electrons. The molecule has 20 heavy (non-hydrogen) atoms. The summed E-state index contributed by atoms with van der Waals surface area (Å²) in [6, 6.07) is 8.52. The Bertz CT molecular complexity index is 714. The standard InChI is InChI=1S/C14H16N4OS/c1-9(2)10-4-6-11(7-5-10)13-17-18-12(8-19-3)15-16-14(18)20-13/h4-7,9H,8H2,1-3H3. The average molecular weight is 288 g/mol. The third kappa shape index (κ3) is 2.32. The second-order valence-corrected chi connectivity index (χ2v) is 5.88. The van der Waals surface area contributed by atoms with Crippen LogP contribution in [0.25, 0.3) is 15.5 Å². The van der Waals surface area contributed by atoms with Crippen LogP contribution in [0.1, 0.15) is 31.2 Å². The minimum Gasteiger partial charge on any atom is -0.377 e. The summed E-state index contributed by atoms with van der Waals surface area (Å²) in [4.78, 5) is 0.792. The van der Waals surface area contributed by atoms with Crippen molar-refractivity contribution in [2.75, 3.05) is 7.11 Å². The van der Waals surface area contributed by atoms with E-state index in [0.29, 0.717) is 12.5 Å². The van der Waals surface area contributed by atoms with Gasteiger partial charge in [0.05, 0.1) is 0 Å². The number of aromatic nitrogens is 4. The highest BCUT2D eigenvalue weighted by atomic mass is 32.1. The summed E-state index contributed by atoms with van der Waals surface area (Å²) >= 11 is 1.53. The third-order valence-electron chi connectivity index (χ3n) is 3.15. The number of nitrogens with zero attached hydrogens (tertiary/aromatic N) is 4. The monoisotopic (exact) mass is 288 g/mol. The van der Waals surface area contributed by atoms with E-state index < -0.39 is 0 Å². The first-order chi connectivity index (χ1) is 9.69. The highest BCUT2D eigenvalue weighted by molar-refractivity contribution is 7.19. The maximum atomic E-state index is 5.09. The zero-order valence-corrected chi connectivity index (χ0v) is 12.5. The molecule has 0 atom stereocenters. The van der Waals surface area contributed by atoms with Crippen LogP contribution in [0.4, 0.5) is 0 Å². The number of rotatable bonds is 4. The summed E-state index contributed by atoms with van der Waals surface area (Å²) in [5.41, 5.74) is 2.44. The molecule has 0 aliphatic heterocycles. The van der Waals surface area contributed by atoms with Crippen LogP contribution in [0.2, 0.25) is 0 Å². The van der Waals surface area contributed by atoms with E-state index in [9.17, 15) is 0 Å². The number of hydrogen-bond donors (Lipinski definition) is 0. The minimum atomic E-state index is 0.413. The first-order valence-corrected chi connectivity index (χ1v) is 7.31. The Morgan fingerprint density at radius 3 is 2.60 bits per heavy atom. The average Bonchev–Trinajstić information content (AvgIpc) is 3.01. The summed E-state index contributed by atoms with van der Waals surface area (Å²) < 4.78 is 6.84. The summed E-state index contributed by atoms with van der Waals surface area (Å²) in [6.45, 7) is 4.79. The number of ether oxygens (including phenoxy) is 1. The first kappa shape index (κ1) is 13.2. The molecule has 0 unspecified atom stereocenters. The van der Waals surface area contributed by atoms with Crippen LogP contribution >= 0.6 is 11.3 Å². The van der Waals surface area contributed by atoms with E-state index in [1.165, 1.54) is 16.9 Å². The highest BCUT2D eigenvalue weighted by Crippen LogP contribution is 2.27. The van der Waals surface area contributed by atoms with E-state index in [4.69, 9.17) is 4.74 Å². The van der Waals surface area contributed by atoms with Crippen molar-refractivity contribution >= 4 is 16.3 Å². The smallest absolute Gasteiger partial charge is 0.235 e. The van der Waals surface area contributed by atoms with Crippen molar-refractivity contribution in [1.82, 2.24) is 19.8 Å². The van der Waals surface area contributed by atoms with Crippen molar-refractivity contribution < 1.29 is 4.74 Å². The molecule has 0 aliphatic carbocycles. The van der Waals surface area contributed by atoms with Crippen molar-refractivity contribution in [2.45, 2.75) is 26.4 Å². The number of methoxy groups -OCH3 is 1. The van der Waals surface area contributed by atoms with E-state index in [1.807, 2.05) is 0 Å². The molecule has 0 spiro atoms. The van der Waals surface area contributed by atoms with Gasteiger partial charge in [-0.1, -0.05) is 49.4 Å². The van der Waals surface area contributed by atoms with E-state index in [1.54, 1.807) is 11.6 Å². The van der Waals surface area contributed by atoms with Crippen molar-refractivity contribution in [1.29, 1.82) is 0 Å². The molecule has 0 aliphatic rings. The van der Waals surface area contributed by atoms with E-state index in [-0.39, 0.29) is 0 Å². The van der Waals surface area contributed by atoms with Gasteiger partial charge in [0, 0.05) is 12.7 Å². The van der Waals surface area contributed by atoms with E-state index in [2.05, 4.69) is 53.4 Å². The topological polar surface area (TPSA) is 52.3 Å². The van der Waals surface area contributed by atoms with Gasteiger partial charge in [0.2, 0.25) is 4.96 Å². The molecule has 3 rings (SSSR count). The van der Waals surface area contributed by atoms with Gasteiger partial charge in [-0.05, 0) is 11.5 Å².